The van der Waals surface area contributed by atoms with E-state index < -0.39 is 48.3 Å². The summed E-state index contributed by atoms with van der Waals surface area (Å²) in [6.07, 6.45) is 3.56. The summed E-state index contributed by atoms with van der Waals surface area (Å²) in [5, 5.41) is 8.56. The van der Waals surface area contributed by atoms with Gasteiger partial charge in [0.25, 0.3) is 5.91 Å². The number of aromatic nitrogens is 2. The molecule has 6 bridgehead atoms. The average Bonchev–Trinajstić information content (AvgIpc) is 3.43. The number of alkyl halides is 3. The number of hydrogen-bond donors (Lipinski definition) is 3. The highest BCUT2D eigenvalue weighted by atomic mass is 19.4. The average molecular weight is 1120 g/mol. The van der Waals surface area contributed by atoms with Gasteiger partial charge in [0.05, 0.1) is 67.3 Å². The number of methoxy groups -OCH3 is 1. The quantitative estimate of drug-likeness (QED) is 0.120. The van der Waals surface area contributed by atoms with Crippen molar-refractivity contribution < 1.29 is 46.6 Å². The number of amides is 3. The summed E-state index contributed by atoms with van der Waals surface area (Å²) < 4.78 is 65.1. The van der Waals surface area contributed by atoms with Crippen molar-refractivity contribution in [1.82, 2.24) is 45.3 Å². The third kappa shape index (κ3) is 11.7. The number of carbonyl (C=O) groups is 4. The number of rotatable bonds is 10. The Hall–Kier alpha value is -5.64. The van der Waals surface area contributed by atoms with Crippen molar-refractivity contribution in [3.05, 3.63) is 71.5 Å². The molecule has 2 aromatic carbocycles. The molecular formula is C61H79F3N10O7. The summed E-state index contributed by atoms with van der Waals surface area (Å²) >= 11 is 0. The minimum absolute atomic E-state index is 0.0659. The molecule has 1 saturated carbocycles. The Kier molecular flexibility index (Phi) is 15.5. The molecule has 0 radical (unpaired) electrons. The molecule has 12 rings (SSSR count). The number of nitrogens with one attached hydrogen (secondary N) is 3. The predicted molar refractivity (Wildman–Crippen MR) is 300 cm³/mol. The van der Waals surface area contributed by atoms with E-state index in [0.717, 1.165) is 87.1 Å². The van der Waals surface area contributed by atoms with Crippen LogP contribution < -0.4 is 21.0 Å². The molecule has 2 aromatic heterocycles. The van der Waals surface area contributed by atoms with Crippen molar-refractivity contribution in [2.24, 2.45) is 16.7 Å². The number of halogens is 3. The molecule has 7 fully saturated rings. The van der Waals surface area contributed by atoms with Gasteiger partial charge in [-0.15, -0.1) is 0 Å². The second-order valence-corrected chi connectivity index (χ2v) is 25.4. The second-order valence-electron chi connectivity index (χ2n) is 25.4. The van der Waals surface area contributed by atoms with E-state index in [-0.39, 0.29) is 60.6 Å². The molecule has 6 saturated heterocycles. The number of hydrazine groups is 1. The van der Waals surface area contributed by atoms with E-state index in [2.05, 4.69) is 30.8 Å². The Labute approximate surface area is 472 Å². The zero-order chi connectivity index (χ0) is 56.4. The first-order chi connectivity index (χ1) is 38.9. The lowest BCUT2D eigenvalue weighted by Gasteiger charge is -2.44. The van der Waals surface area contributed by atoms with Gasteiger partial charge in [0, 0.05) is 99.7 Å². The van der Waals surface area contributed by atoms with Crippen LogP contribution in [0.3, 0.4) is 0 Å². The molecule has 20 heteroatoms. The number of piperazine rings is 1. The first-order valence-electron chi connectivity index (χ1n) is 29.6. The maximum atomic E-state index is 15.3. The molecule has 8 aliphatic rings. The second kappa shape index (κ2) is 22.5. The summed E-state index contributed by atoms with van der Waals surface area (Å²) in [6.45, 7) is 12.6. The lowest BCUT2D eigenvalue weighted by atomic mass is 9.84. The third-order valence-corrected chi connectivity index (χ3v) is 19.0. The number of anilines is 1. The van der Waals surface area contributed by atoms with Crippen LogP contribution in [0.25, 0.3) is 33.3 Å². The van der Waals surface area contributed by atoms with Crippen molar-refractivity contribution in [3.63, 3.8) is 0 Å². The standard InChI is InChI=1S/C61H79F3N10O7/c1-38(79-4)52-46(28-43(30-66-52)70-22-21-69-23-24-80-33-44(69)32-70)54-47-29-59(2,3)37-81-58(78)48-13-8-18-74(68-48)57(77)49(26-39-9-7-12-41(25-39)42-14-15-51(45(47)27-42)73(54)36-61(62,63)64)67-55(75)53(40-10-5-6-11-40)71-19-16-60(34-71)17-20-72(35-60)56(76)50-31-65-50/h7,9,12,14-15,25,27-28,30,38,40,44,48-50,53,65,68H,5-6,8,10-11,13,16-24,26,29,31-37H2,1-4H3,(H,67,75)/t38-,44-,48-,49-,50+,53?,60-/m0/s1. The van der Waals surface area contributed by atoms with Crippen molar-refractivity contribution in [2.45, 2.75) is 134 Å². The zero-order valence-corrected chi connectivity index (χ0v) is 47.3. The Morgan fingerprint density at radius 2 is 1.75 bits per heavy atom. The normalized spacial score (nSPS) is 27.6. The number of nitrogens with zero attached hydrogens (tertiary/aromatic N) is 7. The molecule has 1 unspecified atom stereocenters. The Morgan fingerprint density at radius 1 is 0.951 bits per heavy atom. The van der Waals surface area contributed by atoms with Crippen LogP contribution >= 0.6 is 0 Å². The Morgan fingerprint density at radius 3 is 2.54 bits per heavy atom. The van der Waals surface area contributed by atoms with Crippen molar-refractivity contribution in [3.8, 4) is 22.4 Å². The summed E-state index contributed by atoms with van der Waals surface area (Å²) in [6, 6.07) is 13.1. The van der Waals surface area contributed by atoms with E-state index in [4.69, 9.17) is 19.2 Å². The van der Waals surface area contributed by atoms with Gasteiger partial charge in [-0.1, -0.05) is 57.0 Å². The van der Waals surface area contributed by atoms with Gasteiger partial charge in [-0.3, -0.25) is 39.0 Å². The van der Waals surface area contributed by atoms with E-state index in [1.807, 2.05) is 68.1 Å². The number of morpholine rings is 1. The molecule has 17 nitrogen and oxygen atoms in total. The summed E-state index contributed by atoms with van der Waals surface area (Å²) in [4.78, 5) is 71.7. The highest BCUT2D eigenvalue weighted by molar-refractivity contribution is 5.96. The van der Waals surface area contributed by atoms with Gasteiger partial charge in [0.2, 0.25) is 11.8 Å². The molecule has 1 spiro atoms. The van der Waals surface area contributed by atoms with Crippen LogP contribution in [0, 0.1) is 16.7 Å². The molecular weight excluding hydrogens is 1040 g/mol. The Balaban J connectivity index is 0.927. The number of fused-ring (bicyclic) bond motifs is 7. The molecule has 3 N–H and O–H groups in total. The number of pyridine rings is 1. The molecule has 7 aliphatic heterocycles. The maximum absolute atomic E-state index is 15.3. The summed E-state index contributed by atoms with van der Waals surface area (Å²) in [5.41, 5.74) is 7.89. The van der Waals surface area contributed by atoms with Gasteiger partial charge < -0.3 is 39.2 Å². The van der Waals surface area contributed by atoms with Gasteiger partial charge in [-0.25, -0.2) is 5.43 Å². The highest BCUT2D eigenvalue weighted by Crippen LogP contribution is 2.46. The monoisotopic (exact) mass is 1120 g/mol. The topological polar surface area (TPSA) is 176 Å². The minimum Gasteiger partial charge on any atom is -0.464 e. The van der Waals surface area contributed by atoms with Crippen molar-refractivity contribution in [1.29, 1.82) is 0 Å². The smallest absolute Gasteiger partial charge is 0.406 e. The first kappa shape index (κ1) is 55.9. The molecule has 9 heterocycles. The lowest BCUT2D eigenvalue weighted by Crippen LogP contribution is -2.62. The minimum atomic E-state index is -4.61. The molecule has 3 amide bonds. The van der Waals surface area contributed by atoms with Gasteiger partial charge in [0.1, 0.15) is 18.6 Å². The zero-order valence-electron chi connectivity index (χ0n) is 47.3. The van der Waals surface area contributed by atoms with Crippen LogP contribution in [-0.2, 0) is 52.8 Å². The van der Waals surface area contributed by atoms with Gasteiger partial charge >= 0.3 is 12.1 Å². The van der Waals surface area contributed by atoms with Gasteiger partial charge in [0.15, 0.2) is 0 Å². The van der Waals surface area contributed by atoms with Gasteiger partial charge in [-0.05, 0) is 105 Å². The van der Waals surface area contributed by atoms with Crippen LogP contribution in [0.4, 0.5) is 18.9 Å². The van der Waals surface area contributed by atoms with Crippen LogP contribution in [0.1, 0.15) is 95.1 Å². The Bertz CT molecular complexity index is 3030. The fraction of sp³-hybridized carbons (Fsp3) is 0.623. The van der Waals surface area contributed by atoms with Crippen LogP contribution in [0.2, 0.25) is 0 Å². The fourth-order valence-electron chi connectivity index (χ4n) is 14.5. The largest absolute Gasteiger partial charge is 0.464 e. The molecule has 81 heavy (non-hydrogen) atoms. The van der Waals surface area contributed by atoms with Crippen LogP contribution in [0.5, 0.6) is 0 Å². The van der Waals surface area contributed by atoms with Crippen LogP contribution in [0.15, 0.2) is 54.7 Å². The fourth-order valence-corrected chi connectivity index (χ4v) is 14.5. The van der Waals surface area contributed by atoms with E-state index in [1.54, 1.807) is 19.4 Å². The highest BCUT2D eigenvalue weighted by Gasteiger charge is 2.51. The van der Waals surface area contributed by atoms with E-state index in [1.165, 1.54) is 9.58 Å². The summed E-state index contributed by atoms with van der Waals surface area (Å²) in [7, 11) is 1.57. The molecule has 436 valence electrons. The molecule has 4 aromatic rings. The number of benzene rings is 2. The summed E-state index contributed by atoms with van der Waals surface area (Å²) in [5.74, 6) is -0.821. The number of likely N-dealkylation sites (tertiary alicyclic amines) is 2. The number of carbonyl (C=O) groups excluding carboxylic acids is 4. The lowest BCUT2D eigenvalue weighted by molar-refractivity contribution is -0.155. The number of esters is 1. The predicted octanol–water partition coefficient (Wildman–Crippen LogP) is 6.26. The van der Waals surface area contributed by atoms with Gasteiger partial charge in [-0.2, -0.15) is 13.2 Å². The third-order valence-electron chi connectivity index (χ3n) is 19.0. The van der Waals surface area contributed by atoms with Crippen molar-refractivity contribution >= 4 is 40.3 Å². The van der Waals surface area contributed by atoms with E-state index in [0.29, 0.717) is 98.7 Å². The molecule has 1 aliphatic carbocycles. The molecule has 7 atom stereocenters. The number of cyclic esters (lactones) is 1. The van der Waals surface area contributed by atoms with Crippen molar-refractivity contribution in [2.75, 3.05) is 97.3 Å². The first-order valence-corrected chi connectivity index (χ1v) is 29.6. The maximum Gasteiger partial charge on any atom is 0.406 e. The van der Waals surface area contributed by atoms with E-state index in [9.17, 15) is 9.59 Å². The SMILES string of the molecule is CO[C@@H](C)c1ncc(N2CCN3CCOC[C@@H]3C2)cc1-c1c2c3cc(ccc3n1CC(F)(F)F)-c1cccc(c1)C[C@H](NC(=O)C(C1CCCC1)N1CC[C@]3(CCN(C(=O)[C@H]4CN4)C3)C1)C(=O)N1CCC[C@H](N1)C(=O)OCC(C)(C)C2. The van der Waals surface area contributed by atoms with E-state index >= 15 is 22.8 Å². The van der Waals surface area contributed by atoms with Crippen LogP contribution in [-0.4, -0.2) is 182 Å². The number of hydrogen-bond acceptors (Lipinski definition) is 13. The number of ether oxygens (including phenoxy) is 3.